The Balaban J connectivity index is 1.79. The first-order chi connectivity index (χ1) is 9.02. The van der Waals surface area contributed by atoms with Crippen molar-refractivity contribution in [3.63, 3.8) is 0 Å². The molecular weight excluding hydrogens is 328 g/mol. The quantitative estimate of drug-likeness (QED) is 0.851. The molecule has 0 aliphatic carbocycles. The van der Waals surface area contributed by atoms with E-state index in [1.165, 1.54) is 11.8 Å². The second-order valence-corrected chi connectivity index (χ2v) is 6.52. The third kappa shape index (κ3) is 3.72. The molecule has 0 spiro atoms. The van der Waals surface area contributed by atoms with Crippen molar-refractivity contribution in [1.29, 1.82) is 5.26 Å². The van der Waals surface area contributed by atoms with Gasteiger partial charge >= 0.3 is 0 Å². The summed E-state index contributed by atoms with van der Waals surface area (Å²) in [6.07, 6.45) is 0.0789. The van der Waals surface area contributed by atoms with Crippen LogP contribution < -0.4 is 0 Å². The Morgan fingerprint density at radius 2 is 2.32 bits per heavy atom. The number of aliphatic hydroxyl groups is 1. The zero-order valence-electron chi connectivity index (χ0n) is 10.2. The number of carbonyl (C=O) groups is 1. The topological polar surface area (TPSA) is 64.3 Å². The molecule has 1 N–H and O–H groups in total. The van der Waals surface area contributed by atoms with Crippen molar-refractivity contribution in [2.45, 2.75) is 16.9 Å². The molecule has 0 atom stereocenters. The summed E-state index contributed by atoms with van der Waals surface area (Å²) in [6, 6.07) is 9.70. The zero-order valence-corrected chi connectivity index (χ0v) is 12.6. The van der Waals surface area contributed by atoms with Crippen molar-refractivity contribution in [2.24, 2.45) is 0 Å². The third-order valence-electron chi connectivity index (χ3n) is 2.89. The molecule has 0 saturated carbocycles. The predicted molar refractivity (Wildman–Crippen MR) is 76.6 cm³/mol. The molecule has 1 heterocycles. The minimum absolute atomic E-state index is 0.00686. The first-order valence-electron chi connectivity index (χ1n) is 5.78. The maximum Gasteiger partial charge on any atom is 0.233 e. The normalized spacial score (nSPS) is 16.6. The van der Waals surface area contributed by atoms with Gasteiger partial charge in [-0.1, -0.05) is 22.0 Å². The van der Waals surface area contributed by atoms with Gasteiger partial charge in [-0.3, -0.25) is 4.79 Å². The third-order valence-corrected chi connectivity index (χ3v) is 4.36. The molecule has 1 saturated heterocycles. The highest BCUT2D eigenvalue weighted by Crippen LogP contribution is 2.27. The van der Waals surface area contributed by atoms with Crippen molar-refractivity contribution in [1.82, 2.24) is 4.90 Å². The summed E-state index contributed by atoms with van der Waals surface area (Å²) in [6.45, 7) is 0.525. The number of benzene rings is 1. The summed E-state index contributed by atoms with van der Waals surface area (Å²) in [4.78, 5) is 14.5. The van der Waals surface area contributed by atoms with Gasteiger partial charge in [0.05, 0.1) is 31.3 Å². The fourth-order valence-corrected chi connectivity index (χ4v) is 3.30. The van der Waals surface area contributed by atoms with Crippen molar-refractivity contribution >= 4 is 33.6 Å². The Morgan fingerprint density at radius 3 is 2.95 bits per heavy atom. The number of nitrogens with zero attached hydrogens (tertiary/aromatic N) is 2. The summed E-state index contributed by atoms with van der Waals surface area (Å²) in [7, 11) is 0. The van der Waals surface area contributed by atoms with Gasteiger partial charge in [-0.2, -0.15) is 5.26 Å². The van der Waals surface area contributed by atoms with Crippen LogP contribution in [0.25, 0.3) is 0 Å². The lowest BCUT2D eigenvalue weighted by molar-refractivity contribution is -0.151. The standard InChI is InChI=1S/C13H13BrN2O2S/c14-10-2-1-3-11(6-10)19-7-12(17)16-8-13(18,9-16)4-5-15/h1-3,6,18H,4,7-9H2. The largest absolute Gasteiger partial charge is 0.385 e. The number of carbonyl (C=O) groups excluding carboxylic acids is 1. The lowest BCUT2D eigenvalue weighted by atomic mass is 9.91. The average Bonchev–Trinajstić information content (AvgIpc) is 2.33. The molecule has 0 bridgehead atoms. The molecule has 6 heteroatoms. The van der Waals surface area contributed by atoms with Crippen LogP contribution in [0.5, 0.6) is 0 Å². The number of rotatable bonds is 4. The van der Waals surface area contributed by atoms with Crippen LogP contribution in [0.1, 0.15) is 6.42 Å². The molecule has 2 rings (SSSR count). The predicted octanol–water partition coefficient (Wildman–Crippen LogP) is 2.03. The van der Waals surface area contributed by atoms with Crippen LogP contribution in [0.2, 0.25) is 0 Å². The Labute approximate surface area is 124 Å². The number of halogens is 1. The molecule has 1 aromatic rings. The monoisotopic (exact) mass is 340 g/mol. The molecule has 0 aromatic heterocycles. The molecule has 1 aliphatic heterocycles. The van der Waals surface area contributed by atoms with Gasteiger partial charge in [-0.05, 0) is 18.2 Å². The minimum atomic E-state index is -0.995. The van der Waals surface area contributed by atoms with Gasteiger partial charge < -0.3 is 10.0 Å². The van der Waals surface area contributed by atoms with Crippen molar-refractivity contribution in [2.75, 3.05) is 18.8 Å². The average molecular weight is 341 g/mol. The molecule has 1 aliphatic rings. The van der Waals surface area contributed by atoms with Gasteiger partial charge in [0.15, 0.2) is 0 Å². The van der Waals surface area contributed by atoms with E-state index in [4.69, 9.17) is 5.26 Å². The summed E-state index contributed by atoms with van der Waals surface area (Å²) in [5.41, 5.74) is -0.995. The maximum atomic E-state index is 11.9. The number of likely N-dealkylation sites (tertiary alicyclic amines) is 1. The Bertz CT molecular complexity index is 524. The van der Waals surface area contributed by atoms with E-state index in [0.29, 0.717) is 5.75 Å². The van der Waals surface area contributed by atoms with Gasteiger partial charge in [0.1, 0.15) is 5.60 Å². The number of β-amino-alcohol motifs (C(OH)–C–C–N with tert-alkyl or cyclic N) is 1. The highest BCUT2D eigenvalue weighted by atomic mass is 79.9. The first kappa shape index (κ1) is 14.4. The van der Waals surface area contributed by atoms with Gasteiger partial charge in [0.2, 0.25) is 5.91 Å². The summed E-state index contributed by atoms with van der Waals surface area (Å²) in [5, 5.41) is 18.4. The van der Waals surface area contributed by atoms with Crippen LogP contribution >= 0.6 is 27.7 Å². The zero-order chi connectivity index (χ0) is 13.9. The molecule has 1 fully saturated rings. The lowest BCUT2D eigenvalue weighted by Gasteiger charge is -2.45. The van der Waals surface area contributed by atoms with E-state index in [9.17, 15) is 9.90 Å². The van der Waals surface area contributed by atoms with Crippen LogP contribution in [-0.2, 0) is 4.79 Å². The van der Waals surface area contributed by atoms with Crippen molar-refractivity contribution < 1.29 is 9.90 Å². The van der Waals surface area contributed by atoms with Crippen molar-refractivity contribution in [3.8, 4) is 6.07 Å². The van der Waals surface area contributed by atoms with Crippen LogP contribution in [-0.4, -0.2) is 40.4 Å². The first-order valence-corrected chi connectivity index (χ1v) is 7.56. The van der Waals surface area contributed by atoms with Gasteiger partial charge in [-0.15, -0.1) is 11.8 Å². The van der Waals surface area contributed by atoms with E-state index >= 15 is 0 Å². The van der Waals surface area contributed by atoms with Crippen LogP contribution in [0.4, 0.5) is 0 Å². The maximum absolute atomic E-state index is 11.9. The lowest BCUT2D eigenvalue weighted by Crippen LogP contribution is -2.63. The minimum Gasteiger partial charge on any atom is -0.385 e. The molecule has 1 amide bonds. The van der Waals surface area contributed by atoms with E-state index < -0.39 is 5.60 Å². The highest BCUT2D eigenvalue weighted by molar-refractivity contribution is 9.10. The van der Waals surface area contributed by atoms with Crippen LogP contribution in [0, 0.1) is 11.3 Å². The van der Waals surface area contributed by atoms with Gasteiger partial charge in [-0.25, -0.2) is 0 Å². The molecule has 100 valence electrons. The van der Waals surface area contributed by atoms with E-state index in [1.807, 2.05) is 30.3 Å². The van der Waals surface area contributed by atoms with E-state index in [0.717, 1.165) is 9.37 Å². The Hall–Kier alpha value is -1.03. The highest BCUT2D eigenvalue weighted by Gasteiger charge is 2.43. The van der Waals surface area contributed by atoms with Crippen LogP contribution in [0.3, 0.4) is 0 Å². The molecule has 19 heavy (non-hydrogen) atoms. The van der Waals surface area contributed by atoms with E-state index in [2.05, 4.69) is 15.9 Å². The number of nitriles is 1. The summed E-state index contributed by atoms with van der Waals surface area (Å²) < 4.78 is 0.984. The van der Waals surface area contributed by atoms with E-state index in [1.54, 1.807) is 4.90 Å². The molecule has 4 nitrogen and oxygen atoms in total. The summed E-state index contributed by atoms with van der Waals surface area (Å²) >= 11 is 4.85. The number of thioether (sulfide) groups is 1. The molecule has 0 radical (unpaired) electrons. The molecule has 0 unspecified atom stereocenters. The van der Waals surface area contributed by atoms with Crippen molar-refractivity contribution in [3.05, 3.63) is 28.7 Å². The second-order valence-electron chi connectivity index (χ2n) is 4.56. The van der Waals surface area contributed by atoms with Gasteiger partial charge in [0.25, 0.3) is 0 Å². The second kappa shape index (κ2) is 5.95. The number of amides is 1. The Kier molecular flexibility index (Phi) is 4.50. The van der Waals surface area contributed by atoms with Gasteiger partial charge in [0, 0.05) is 9.37 Å². The van der Waals surface area contributed by atoms with Crippen LogP contribution in [0.15, 0.2) is 33.6 Å². The number of hydrogen-bond acceptors (Lipinski definition) is 4. The summed E-state index contributed by atoms with van der Waals surface area (Å²) in [5.74, 6) is 0.339. The number of hydrogen-bond donors (Lipinski definition) is 1. The molecular formula is C13H13BrN2O2S. The SMILES string of the molecule is N#CCC1(O)CN(C(=O)CSc2cccc(Br)c2)C1. The Morgan fingerprint density at radius 1 is 1.58 bits per heavy atom. The van der Waals surface area contributed by atoms with E-state index in [-0.39, 0.29) is 25.4 Å². The fraction of sp³-hybridized carbons (Fsp3) is 0.385. The smallest absolute Gasteiger partial charge is 0.233 e. The fourth-order valence-electron chi connectivity index (χ4n) is 1.89. The molecule has 1 aromatic carbocycles.